The van der Waals surface area contributed by atoms with Gasteiger partial charge in [0.25, 0.3) is 5.91 Å². The fraction of sp³-hybridized carbons (Fsp3) is 0.0833. The molecule has 0 aliphatic rings. The summed E-state index contributed by atoms with van der Waals surface area (Å²) < 4.78 is 5.54. The highest BCUT2D eigenvalue weighted by Crippen LogP contribution is 2.21. The molecule has 4 nitrogen and oxygen atoms in total. The Morgan fingerprint density at radius 2 is 1.69 bits per heavy atom. The van der Waals surface area contributed by atoms with E-state index < -0.39 is 0 Å². The molecule has 29 heavy (non-hydrogen) atoms. The number of allylic oxidation sites excluding steroid dienone is 1. The maximum absolute atomic E-state index is 12.0. The predicted molar refractivity (Wildman–Crippen MR) is 117 cm³/mol. The lowest BCUT2D eigenvalue weighted by Crippen LogP contribution is -2.20. The average molecular weight is 403 g/mol. The number of rotatable bonds is 6. The van der Waals surface area contributed by atoms with Crippen molar-refractivity contribution in [3.05, 3.63) is 94.5 Å². The topological polar surface area (TPSA) is 62.1 Å². The molecule has 0 unspecified atom stereocenters. The monoisotopic (exact) mass is 402 g/mol. The van der Waals surface area contributed by atoms with Gasteiger partial charge in [0.1, 0.15) is 5.75 Å². The SMILES string of the molecule is Cc1ccc(NC(=O)COc2ccc(C=C(C#N)c3ccc(Cl)cc3)cc2)cc1. The molecule has 5 heteroatoms. The van der Waals surface area contributed by atoms with Crippen molar-refractivity contribution in [2.75, 3.05) is 11.9 Å². The summed E-state index contributed by atoms with van der Waals surface area (Å²) in [6.45, 7) is 1.90. The number of hydrogen-bond acceptors (Lipinski definition) is 3. The molecule has 3 aromatic rings. The second-order valence-corrected chi connectivity index (χ2v) is 6.89. The van der Waals surface area contributed by atoms with Gasteiger partial charge < -0.3 is 10.1 Å². The smallest absolute Gasteiger partial charge is 0.262 e. The molecule has 0 heterocycles. The molecule has 0 aliphatic heterocycles. The molecule has 0 fully saturated rings. The lowest BCUT2D eigenvalue weighted by molar-refractivity contribution is -0.118. The van der Waals surface area contributed by atoms with E-state index in [1.165, 1.54) is 0 Å². The fourth-order valence-corrected chi connectivity index (χ4v) is 2.75. The van der Waals surface area contributed by atoms with Crippen LogP contribution in [0, 0.1) is 18.3 Å². The number of ether oxygens (including phenoxy) is 1. The van der Waals surface area contributed by atoms with Gasteiger partial charge in [-0.3, -0.25) is 4.79 Å². The van der Waals surface area contributed by atoms with Crippen molar-refractivity contribution < 1.29 is 9.53 Å². The van der Waals surface area contributed by atoms with Crippen molar-refractivity contribution in [2.24, 2.45) is 0 Å². The van der Waals surface area contributed by atoms with Gasteiger partial charge in [-0.15, -0.1) is 0 Å². The Kier molecular flexibility index (Phi) is 6.67. The number of halogens is 1. The van der Waals surface area contributed by atoms with Crippen molar-refractivity contribution in [1.82, 2.24) is 0 Å². The van der Waals surface area contributed by atoms with Crippen LogP contribution in [0.25, 0.3) is 11.6 Å². The molecule has 3 aromatic carbocycles. The summed E-state index contributed by atoms with van der Waals surface area (Å²) in [5.74, 6) is 0.346. The highest BCUT2D eigenvalue weighted by molar-refractivity contribution is 6.30. The predicted octanol–water partition coefficient (Wildman–Crippen LogP) is 5.73. The third kappa shape index (κ3) is 5.97. The van der Waals surface area contributed by atoms with E-state index in [9.17, 15) is 10.1 Å². The Hall–Kier alpha value is -3.55. The summed E-state index contributed by atoms with van der Waals surface area (Å²) in [6, 6.07) is 24.1. The lowest BCUT2D eigenvalue weighted by Gasteiger charge is -2.08. The maximum Gasteiger partial charge on any atom is 0.262 e. The molecular formula is C24H19ClN2O2. The molecule has 0 radical (unpaired) electrons. The minimum atomic E-state index is -0.229. The van der Waals surface area contributed by atoms with Crippen molar-refractivity contribution in [3.8, 4) is 11.8 Å². The number of amides is 1. The van der Waals surface area contributed by atoms with Gasteiger partial charge >= 0.3 is 0 Å². The third-order valence-corrected chi connectivity index (χ3v) is 4.42. The average Bonchev–Trinajstić information content (AvgIpc) is 2.74. The van der Waals surface area contributed by atoms with Gasteiger partial charge in [-0.1, -0.05) is 53.6 Å². The van der Waals surface area contributed by atoms with Crippen LogP contribution in [-0.2, 0) is 4.79 Å². The summed E-state index contributed by atoms with van der Waals surface area (Å²) in [7, 11) is 0. The quantitative estimate of drug-likeness (QED) is 0.423. The molecular weight excluding hydrogens is 384 g/mol. The van der Waals surface area contributed by atoms with Crippen molar-refractivity contribution in [1.29, 1.82) is 5.26 Å². The largest absolute Gasteiger partial charge is 0.484 e. The zero-order valence-electron chi connectivity index (χ0n) is 15.9. The number of nitrogens with one attached hydrogen (secondary N) is 1. The second kappa shape index (κ2) is 9.59. The number of carbonyl (C=O) groups is 1. The van der Waals surface area contributed by atoms with E-state index in [0.29, 0.717) is 16.3 Å². The number of carbonyl (C=O) groups excluding carboxylic acids is 1. The summed E-state index contributed by atoms with van der Waals surface area (Å²) in [6.07, 6.45) is 1.79. The van der Waals surface area contributed by atoms with Crippen LogP contribution >= 0.6 is 11.6 Å². The second-order valence-electron chi connectivity index (χ2n) is 6.45. The molecule has 0 atom stereocenters. The van der Waals surface area contributed by atoms with E-state index in [2.05, 4.69) is 11.4 Å². The molecule has 0 saturated carbocycles. The third-order valence-electron chi connectivity index (χ3n) is 4.17. The van der Waals surface area contributed by atoms with E-state index in [-0.39, 0.29) is 12.5 Å². The Bertz CT molecular complexity index is 1050. The molecule has 0 bridgehead atoms. The molecule has 144 valence electrons. The molecule has 0 saturated heterocycles. The highest BCUT2D eigenvalue weighted by atomic mass is 35.5. The summed E-state index contributed by atoms with van der Waals surface area (Å²) in [5, 5.41) is 12.8. The van der Waals surface area contributed by atoms with Crippen LogP contribution in [0.2, 0.25) is 5.02 Å². The number of nitriles is 1. The number of nitrogens with zero attached hydrogens (tertiary/aromatic N) is 1. The normalized spacial score (nSPS) is 10.9. The molecule has 0 aliphatic carbocycles. The van der Waals surface area contributed by atoms with Gasteiger partial charge in [-0.2, -0.15) is 5.26 Å². The van der Waals surface area contributed by atoms with Gasteiger partial charge in [-0.05, 0) is 60.5 Å². The Balaban J connectivity index is 1.59. The van der Waals surface area contributed by atoms with Crippen LogP contribution in [0.4, 0.5) is 5.69 Å². The number of hydrogen-bond donors (Lipinski definition) is 1. The molecule has 0 aromatic heterocycles. The van der Waals surface area contributed by atoms with Gasteiger partial charge in [0, 0.05) is 10.7 Å². The first-order valence-corrected chi connectivity index (χ1v) is 9.38. The first-order valence-electron chi connectivity index (χ1n) is 9.00. The highest BCUT2D eigenvalue weighted by Gasteiger charge is 2.05. The minimum absolute atomic E-state index is 0.0860. The van der Waals surface area contributed by atoms with Crippen LogP contribution in [0.5, 0.6) is 5.75 Å². The van der Waals surface area contributed by atoms with E-state index in [1.807, 2.05) is 55.5 Å². The van der Waals surface area contributed by atoms with E-state index in [4.69, 9.17) is 16.3 Å². The van der Waals surface area contributed by atoms with Crippen molar-refractivity contribution in [2.45, 2.75) is 6.92 Å². The standard InChI is InChI=1S/C24H19ClN2O2/c1-17-2-10-22(11-3-17)27-24(28)16-29-23-12-4-18(5-13-23)14-20(15-26)19-6-8-21(25)9-7-19/h2-14H,16H2,1H3,(H,27,28). The van der Waals surface area contributed by atoms with Crippen molar-refractivity contribution >= 4 is 34.8 Å². The van der Waals surface area contributed by atoms with Crippen LogP contribution in [-0.4, -0.2) is 12.5 Å². The molecule has 3 rings (SSSR count). The van der Waals surface area contributed by atoms with Gasteiger partial charge in [0.2, 0.25) is 0 Å². The first kappa shape index (κ1) is 20.2. The van der Waals surface area contributed by atoms with Gasteiger partial charge in [-0.25, -0.2) is 0 Å². The molecule has 1 amide bonds. The van der Waals surface area contributed by atoms with Gasteiger partial charge in [0.15, 0.2) is 6.61 Å². The van der Waals surface area contributed by atoms with Crippen LogP contribution in [0.3, 0.4) is 0 Å². The Morgan fingerprint density at radius 3 is 2.31 bits per heavy atom. The van der Waals surface area contributed by atoms with E-state index in [0.717, 1.165) is 22.4 Å². The fourth-order valence-electron chi connectivity index (χ4n) is 2.62. The summed E-state index contributed by atoms with van der Waals surface area (Å²) >= 11 is 5.90. The Morgan fingerprint density at radius 1 is 1.03 bits per heavy atom. The molecule has 0 spiro atoms. The number of anilines is 1. The number of aryl methyl sites for hydroxylation is 1. The van der Waals surface area contributed by atoms with Gasteiger partial charge in [0.05, 0.1) is 11.6 Å². The Labute approximate surface area is 175 Å². The molecule has 1 N–H and O–H groups in total. The van der Waals surface area contributed by atoms with Crippen LogP contribution in [0.15, 0.2) is 72.8 Å². The van der Waals surface area contributed by atoms with Crippen molar-refractivity contribution in [3.63, 3.8) is 0 Å². The maximum atomic E-state index is 12.0. The zero-order chi connectivity index (χ0) is 20.6. The van der Waals surface area contributed by atoms with E-state index >= 15 is 0 Å². The van der Waals surface area contributed by atoms with Crippen LogP contribution < -0.4 is 10.1 Å². The lowest BCUT2D eigenvalue weighted by atomic mass is 10.0. The first-order chi connectivity index (χ1) is 14.0. The summed E-state index contributed by atoms with van der Waals surface area (Å²) in [4.78, 5) is 12.0. The van der Waals surface area contributed by atoms with E-state index in [1.54, 1.807) is 30.3 Å². The number of benzene rings is 3. The van der Waals surface area contributed by atoms with Crippen LogP contribution in [0.1, 0.15) is 16.7 Å². The summed E-state index contributed by atoms with van der Waals surface area (Å²) in [5.41, 5.74) is 4.05. The zero-order valence-corrected chi connectivity index (χ0v) is 16.6. The minimum Gasteiger partial charge on any atom is -0.484 e.